The average molecular weight is 1330 g/mol. The van der Waals surface area contributed by atoms with Crippen LogP contribution in [0.4, 0.5) is 0 Å². The maximum atomic E-state index is 12.2. The molecule has 22 nitrogen and oxygen atoms in total. The molecule has 0 aromatic carbocycles. The third kappa shape index (κ3) is 61.4. The summed E-state index contributed by atoms with van der Waals surface area (Å²) in [6, 6.07) is 0. The highest BCUT2D eigenvalue weighted by molar-refractivity contribution is 7.47. The molecule has 1 unspecified atom stereocenters. The monoisotopic (exact) mass is 1330 g/mol. The van der Waals surface area contributed by atoms with Crippen molar-refractivity contribution in [3.63, 3.8) is 0 Å². The van der Waals surface area contributed by atoms with E-state index in [0.29, 0.717) is 165 Å². The van der Waals surface area contributed by atoms with Gasteiger partial charge in [0.25, 0.3) is 0 Å². The van der Waals surface area contributed by atoms with E-state index in [-0.39, 0.29) is 63.6 Å². The lowest BCUT2D eigenvalue weighted by molar-refractivity contribution is -0.144. The van der Waals surface area contributed by atoms with Gasteiger partial charge in [0.15, 0.2) is 0 Å². The summed E-state index contributed by atoms with van der Waals surface area (Å²) in [5, 5.41) is 5.44. The second kappa shape index (κ2) is 66.1. The van der Waals surface area contributed by atoms with E-state index < -0.39 is 7.82 Å². The number of carbonyl (C=O) groups excluding carboxylic acids is 3. The van der Waals surface area contributed by atoms with Crippen LogP contribution in [0.5, 0.6) is 0 Å². The van der Waals surface area contributed by atoms with Crippen LogP contribution in [0.1, 0.15) is 163 Å². The van der Waals surface area contributed by atoms with Gasteiger partial charge in [-0.2, -0.15) is 0 Å². The minimum Gasteiger partial charge on any atom is -0.466 e. The first-order chi connectivity index (χ1) is 44.9. The number of unbranched alkanes of at least 4 members (excludes halogenated alkanes) is 14. The first kappa shape index (κ1) is 86.5. The first-order valence-electron chi connectivity index (χ1n) is 34.3. The van der Waals surface area contributed by atoms with E-state index in [4.69, 9.17) is 70.6 Å². The topological polar surface area (TPSA) is 251 Å². The van der Waals surface area contributed by atoms with Crippen LogP contribution < -0.4 is 10.6 Å². The molecule has 0 aromatic rings. The predicted octanol–water partition coefficient (Wildman–Crippen LogP) is 11.2. The van der Waals surface area contributed by atoms with Crippen LogP contribution in [-0.4, -0.2) is 214 Å². The lowest BCUT2D eigenvalue weighted by Crippen LogP contribution is -2.28. The van der Waals surface area contributed by atoms with E-state index in [0.717, 1.165) is 43.3 Å². The Bertz CT molecular complexity index is 2000. The molecule has 3 N–H and O–H groups in total. The normalized spacial score (nSPS) is 13.9. The number of phosphoric ester groups is 1. The maximum Gasteiger partial charge on any atom is 0.472 e. The molecule has 0 bridgehead atoms. The molecule has 0 saturated carbocycles. The Hall–Kier alpha value is -3.52. The van der Waals surface area contributed by atoms with E-state index in [9.17, 15) is 23.8 Å². The van der Waals surface area contributed by atoms with Crippen molar-refractivity contribution in [3.05, 3.63) is 70.9 Å². The van der Waals surface area contributed by atoms with Crippen molar-refractivity contribution in [1.29, 1.82) is 0 Å². The van der Waals surface area contributed by atoms with Gasteiger partial charge in [-0.3, -0.25) is 23.4 Å². The van der Waals surface area contributed by atoms with Crippen molar-refractivity contribution in [2.75, 3.05) is 191 Å². The zero-order valence-electron chi connectivity index (χ0n) is 57.2. The number of amides is 2. The Morgan fingerprint density at radius 1 is 0.467 bits per heavy atom. The number of phosphoric acid groups is 1. The van der Waals surface area contributed by atoms with Gasteiger partial charge in [0.1, 0.15) is 0 Å². The molecule has 0 aromatic heterocycles. The summed E-state index contributed by atoms with van der Waals surface area (Å²) in [5.41, 5.74) is 5.87. The number of ether oxygens (including phenoxy) is 13. The van der Waals surface area contributed by atoms with E-state index >= 15 is 0 Å². The molecule has 1 aliphatic carbocycles. The molecule has 1 rings (SSSR count). The minimum atomic E-state index is -4.30. The summed E-state index contributed by atoms with van der Waals surface area (Å²) in [7, 11) is -4.30. The zero-order valence-corrected chi connectivity index (χ0v) is 58.1. The summed E-state index contributed by atoms with van der Waals surface area (Å²) in [6.45, 7) is 23.0. The molecule has 0 fully saturated rings. The van der Waals surface area contributed by atoms with Crippen LogP contribution in [0.25, 0.3) is 0 Å². The average Bonchev–Trinajstić information content (AvgIpc) is 3.09. The Labute approximate surface area is 553 Å². The second-order valence-corrected chi connectivity index (χ2v) is 23.7. The van der Waals surface area contributed by atoms with Gasteiger partial charge in [0.2, 0.25) is 11.8 Å². The summed E-state index contributed by atoms with van der Waals surface area (Å²) in [4.78, 5) is 46.2. The zero-order chi connectivity index (χ0) is 66.7. The van der Waals surface area contributed by atoms with Crippen LogP contribution in [0.15, 0.2) is 70.9 Å². The summed E-state index contributed by atoms with van der Waals surface area (Å²) >= 11 is 0. The highest BCUT2D eigenvalue weighted by Gasteiger charge is 2.21. The molecule has 23 heteroatoms. The molecule has 92 heavy (non-hydrogen) atoms. The molecule has 1 aliphatic rings. The van der Waals surface area contributed by atoms with E-state index in [2.05, 4.69) is 50.1 Å². The van der Waals surface area contributed by atoms with Crippen LogP contribution in [0.3, 0.4) is 0 Å². The smallest absolute Gasteiger partial charge is 0.466 e. The lowest BCUT2D eigenvalue weighted by Gasteiger charge is -2.17. The highest BCUT2D eigenvalue weighted by atomic mass is 31.2. The van der Waals surface area contributed by atoms with Gasteiger partial charge in [-0.15, -0.1) is 0 Å². The van der Waals surface area contributed by atoms with Gasteiger partial charge in [-0.05, 0) is 63.2 Å². The molecule has 0 heterocycles. The lowest BCUT2D eigenvalue weighted by atomic mass is 9.88. The summed E-state index contributed by atoms with van der Waals surface area (Å²) < 4.78 is 93.4. The molecule has 534 valence electrons. The molecule has 0 spiro atoms. The van der Waals surface area contributed by atoms with Gasteiger partial charge in [0.05, 0.1) is 178 Å². The fourth-order valence-corrected chi connectivity index (χ4v) is 9.63. The molecular formula is C69H123N2O20P. The molecule has 1 atom stereocenters. The van der Waals surface area contributed by atoms with Crippen LogP contribution in [-0.2, 0) is 89.6 Å². The van der Waals surface area contributed by atoms with Crippen molar-refractivity contribution in [3.8, 4) is 0 Å². The first-order valence-corrected chi connectivity index (χ1v) is 35.8. The van der Waals surface area contributed by atoms with E-state index in [1.807, 2.05) is 25.2 Å². The number of carbonyl (C=O) groups is 3. The van der Waals surface area contributed by atoms with Gasteiger partial charge in [0, 0.05) is 38.4 Å². The van der Waals surface area contributed by atoms with E-state index in [1.165, 1.54) is 100 Å². The number of allylic oxidation sites excluding steroid dienone is 10. The Morgan fingerprint density at radius 3 is 1.32 bits per heavy atom. The summed E-state index contributed by atoms with van der Waals surface area (Å²) in [6.07, 6.45) is 34.8. The number of hydrogen-bond donors (Lipinski definition) is 3. The molecular weight excluding hydrogens is 1210 g/mol. The van der Waals surface area contributed by atoms with Gasteiger partial charge < -0.3 is 77.1 Å². The Kier molecular flexibility index (Phi) is 62.2. The van der Waals surface area contributed by atoms with Gasteiger partial charge in [-0.25, -0.2) is 4.57 Å². The molecule has 0 aliphatic heterocycles. The fraction of sp³-hybridized carbons (Fsp3) is 0.783. The SMILES string of the molecule is C=C1CCCC(C)=C1/C=C/C(C)=C/C=C/C(C)=C/C(=O)NCCOCCOCCOCCOCCOCCOCCOCCOCCOCCOCCOCCOCCC(=O)NCCOP(=O)(O)OCCCOC(=O)CCCCCCCCCCCCCCCCC. The molecule has 2 amide bonds. The van der Waals surface area contributed by atoms with Crippen molar-refractivity contribution in [2.45, 2.75) is 163 Å². The predicted molar refractivity (Wildman–Crippen MR) is 359 cm³/mol. The van der Waals surface area contributed by atoms with Gasteiger partial charge >= 0.3 is 13.8 Å². The summed E-state index contributed by atoms with van der Waals surface area (Å²) in [5.74, 6) is -0.719. The third-order valence-electron chi connectivity index (χ3n) is 14.0. The van der Waals surface area contributed by atoms with Crippen LogP contribution in [0, 0.1) is 0 Å². The maximum absolute atomic E-state index is 12.2. The van der Waals surface area contributed by atoms with Crippen LogP contribution >= 0.6 is 7.82 Å². The van der Waals surface area contributed by atoms with Crippen molar-refractivity contribution in [2.24, 2.45) is 0 Å². The van der Waals surface area contributed by atoms with Crippen molar-refractivity contribution < 1.29 is 94.5 Å². The Morgan fingerprint density at radius 2 is 0.870 bits per heavy atom. The third-order valence-corrected chi connectivity index (χ3v) is 15.1. The number of rotatable bonds is 69. The highest BCUT2D eigenvalue weighted by Crippen LogP contribution is 2.43. The largest absolute Gasteiger partial charge is 0.472 e. The Balaban J connectivity index is 1.74. The second-order valence-electron chi connectivity index (χ2n) is 22.3. The fourth-order valence-electron chi connectivity index (χ4n) is 8.87. The molecule has 0 saturated heterocycles. The standard InChI is InChI=1S/C69H123N2O20P/c1-6-7-8-9-10-11-12-13-14-15-16-17-18-19-20-28-69(74)89-34-23-35-90-92(75,76)91-38-33-70-67(72)31-36-77-39-41-79-43-45-81-47-49-83-51-53-85-55-57-87-59-60-88-58-56-86-54-52-84-50-48-82-46-44-80-42-40-78-37-32-71-68(73)61-63(3)25-21-24-62(2)29-30-66-64(4)26-22-27-65(66)5/h21,24-25,29-30,61H,4,6-20,22-23,26-28,31-60H2,1-3,5H3,(H,70,72)(H,71,73)(H,75,76)/b25-21+,30-29+,62-24+,63-61+. The minimum absolute atomic E-state index is 0.0233. The van der Waals surface area contributed by atoms with Gasteiger partial charge in [-0.1, -0.05) is 145 Å². The number of esters is 1. The van der Waals surface area contributed by atoms with E-state index in [1.54, 1.807) is 6.08 Å². The number of hydrogen-bond acceptors (Lipinski definition) is 19. The number of nitrogens with one attached hydrogen (secondary N) is 2. The van der Waals surface area contributed by atoms with Crippen LogP contribution in [0.2, 0.25) is 0 Å². The van der Waals surface area contributed by atoms with Crippen molar-refractivity contribution in [1.82, 2.24) is 10.6 Å². The molecule has 0 radical (unpaired) electrons. The quantitative estimate of drug-likeness (QED) is 0.0168. The van der Waals surface area contributed by atoms with Crippen molar-refractivity contribution >= 4 is 25.6 Å².